The van der Waals surface area contributed by atoms with Crippen molar-refractivity contribution in [2.75, 3.05) is 6.61 Å². The van der Waals surface area contributed by atoms with Gasteiger partial charge in [0.15, 0.2) is 5.11 Å². The van der Waals surface area contributed by atoms with Crippen molar-refractivity contribution in [2.45, 2.75) is 0 Å². The number of para-hydroxylation sites is 1. The van der Waals surface area contributed by atoms with Gasteiger partial charge in [0.25, 0.3) is 5.91 Å². The van der Waals surface area contributed by atoms with Crippen LogP contribution in [0.1, 0.15) is 5.56 Å². The van der Waals surface area contributed by atoms with Gasteiger partial charge in [-0.1, -0.05) is 18.2 Å². The molecule has 0 aromatic heterocycles. The molecule has 0 atom stereocenters. The third-order valence-electron chi connectivity index (χ3n) is 2.70. The number of fused-ring (bicyclic) bond motifs is 1. The van der Waals surface area contributed by atoms with Gasteiger partial charge in [0, 0.05) is 5.56 Å². The minimum Gasteiger partial charge on any atom is -0.488 e. The highest BCUT2D eigenvalue weighted by molar-refractivity contribution is 7.80. The Labute approximate surface area is 109 Å². The lowest BCUT2D eigenvalue weighted by molar-refractivity contribution is -0.115. The average Bonchev–Trinajstić information content (AvgIpc) is 2.68. The first-order chi connectivity index (χ1) is 8.72. The van der Waals surface area contributed by atoms with Crippen LogP contribution in [0.4, 0.5) is 0 Å². The molecular formula is C13H10N2O2S. The number of ether oxygens (including phenoxy) is 1. The lowest BCUT2D eigenvalue weighted by Crippen LogP contribution is -2.21. The number of rotatable bonds is 1. The molecule has 1 saturated heterocycles. The zero-order chi connectivity index (χ0) is 12.5. The third-order valence-corrected chi connectivity index (χ3v) is 2.91. The lowest BCUT2D eigenvalue weighted by Gasteiger charge is -2.15. The molecule has 0 bridgehead atoms. The molecule has 2 aliphatic rings. The Bertz CT molecular complexity index is 605. The highest BCUT2D eigenvalue weighted by Crippen LogP contribution is 2.26. The maximum atomic E-state index is 11.5. The highest BCUT2D eigenvalue weighted by atomic mass is 32.1. The van der Waals surface area contributed by atoms with Crippen molar-refractivity contribution in [1.82, 2.24) is 10.6 Å². The molecule has 1 amide bonds. The summed E-state index contributed by atoms with van der Waals surface area (Å²) in [5, 5.41) is 5.67. The molecule has 0 aliphatic carbocycles. The van der Waals surface area contributed by atoms with Crippen LogP contribution in [0, 0.1) is 0 Å². The fourth-order valence-electron chi connectivity index (χ4n) is 1.88. The topological polar surface area (TPSA) is 50.4 Å². The van der Waals surface area contributed by atoms with Crippen LogP contribution >= 0.6 is 12.2 Å². The van der Waals surface area contributed by atoms with E-state index in [4.69, 9.17) is 17.0 Å². The van der Waals surface area contributed by atoms with Crippen molar-refractivity contribution in [1.29, 1.82) is 0 Å². The number of amides is 1. The number of carbonyl (C=O) groups is 1. The normalized spacial score (nSPS) is 19.8. The molecule has 0 spiro atoms. The number of thiocarbonyl (C=S) groups is 1. The van der Waals surface area contributed by atoms with E-state index in [-0.39, 0.29) is 5.91 Å². The SMILES string of the molecule is O=C1NC(=S)N/C1=C/C1=Cc2ccccc2OC1. The van der Waals surface area contributed by atoms with Crippen molar-refractivity contribution in [3.05, 3.63) is 47.2 Å². The number of carbonyl (C=O) groups excluding carboxylic acids is 1. The van der Waals surface area contributed by atoms with Gasteiger partial charge in [0.05, 0.1) is 0 Å². The second kappa shape index (κ2) is 4.27. The van der Waals surface area contributed by atoms with Gasteiger partial charge in [0.1, 0.15) is 18.1 Å². The number of nitrogens with one attached hydrogen (secondary N) is 2. The Hall–Kier alpha value is -2.14. The van der Waals surface area contributed by atoms with Gasteiger partial charge in [-0.3, -0.25) is 10.1 Å². The maximum absolute atomic E-state index is 11.5. The van der Waals surface area contributed by atoms with E-state index in [1.165, 1.54) is 0 Å². The summed E-state index contributed by atoms with van der Waals surface area (Å²) >= 11 is 4.87. The van der Waals surface area contributed by atoms with Crippen molar-refractivity contribution in [3.63, 3.8) is 0 Å². The van der Waals surface area contributed by atoms with Crippen molar-refractivity contribution in [3.8, 4) is 5.75 Å². The van der Waals surface area contributed by atoms with Crippen LogP contribution in [-0.4, -0.2) is 17.6 Å². The molecule has 5 heteroatoms. The fraction of sp³-hybridized carbons (Fsp3) is 0.0769. The molecule has 3 rings (SSSR count). The first kappa shape index (κ1) is 11.0. The van der Waals surface area contributed by atoms with Crippen LogP contribution in [0.2, 0.25) is 0 Å². The maximum Gasteiger partial charge on any atom is 0.273 e. The first-order valence-electron chi connectivity index (χ1n) is 5.49. The monoisotopic (exact) mass is 258 g/mol. The average molecular weight is 258 g/mol. The summed E-state index contributed by atoms with van der Waals surface area (Å²) in [6.45, 7) is 0.447. The molecule has 2 heterocycles. The molecular weight excluding hydrogens is 248 g/mol. The quantitative estimate of drug-likeness (QED) is 0.590. The molecule has 1 fully saturated rings. The van der Waals surface area contributed by atoms with E-state index in [1.54, 1.807) is 6.08 Å². The van der Waals surface area contributed by atoms with Crippen LogP contribution in [0.15, 0.2) is 41.6 Å². The van der Waals surface area contributed by atoms with Gasteiger partial charge in [-0.2, -0.15) is 0 Å². The Morgan fingerprint density at radius 1 is 1.28 bits per heavy atom. The first-order valence-corrected chi connectivity index (χ1v) is 5.89. The summed E-state index contributed by atoms with van der Waals surface area (Å²) in [5.41, 5.74) is 2.39. The third kappa shape index (κ3) is 2.00. The van der Waals surface area contributed by atoms with Gasteiger partial charge in [-0.05, 0) is 36.0 Å². The van der Waals surface area contributed by atoms with E-state index in [2.05, 4.69) is 10.6 Å². The number of hydrogen-bond acceptors (Lipinski definition) is 3. The zero-order valence-corrected chi connectivity index (χ0v) is 10.2. The van der Waals surface area contributed by atoms with Crippen LogP contribution in [0.25, 0.3) is 6.08 Å². The van der Waals surface area contributed by atoms with E-state index in [0.29, 0.717) is 17.4 Å². The van der Waals surface area contributed by atoms with Gasteiger partial charge in [-0.25, -0.2) is 0 Å². The molecule has 90 valence electrons. The summed E-state index contributed by atoms with van der Waals surface area (Å²) in [7, 11) is 0. The molecule has 2 N–H and O–H groups in total. The van der Waals surface area contributed by atoms with Gasteiger partial charge >= 0.3 is 0 Å². The highest BCUT2D eigenvalue weighted by Gasteiger charge is 2.21. The summed E-state index contributed by atoms with van der Waals surface area (Å²) < 4.78 is 5.60. The largest absolute Gasteiger partial charge is 0.488 e. The van der Waals surface area contributed by atoms with Crippen molar-refractivity contribution < 1.29 is 9.53 Å². The van der Waals surface area contributed by atoms with E-state index >= 15 is 0 Å². The Morgan fingerprint density at radius 3 is 2.89 bits per heavy atom. The Balaban J connectivity index is 1.92. The van der Waals surface area contributed by atoms with Crippen LogP contribution in [-0.2, 0) is 4.79 Å². The minimum absolute atomic E-state index is 0.209. The van der Waals surface area contributed by atoms with Crippen LogP contribution in [0.5, 0.6) is 5.75 Å². The van der Waals surface area contributed by atoms with Crippen molar-refractivity contribution >= 4 is 29.3 Å². The second-order valence-electron chi connectivity index (χ2n) is 4.01. The van der Waals surface area contributed by atoms with E-state index in [9.17, 15) is 4.79 Å². The van der Waals surface area contributed by atoms with Gasteiger partial charge in [-0.15, -0.1) is 0 Å². The van der Waals surface area contributed by atoms with Gasteiger partial charge < -0.3 is 10.1 Å². The van der Waals surface area contributed by atoms with Crippen LogP contribution < -0.4 is 15.4 Å². The molecule has 1 aromatic carbocycles. The standard InChI is InChI=1S/C13H10N2O2S/c16-12-10(14-13(18)15-12)6-8-5-9-3-1-2-4-11(9)17-7-8/h1-6H,7H2,(H2,14,15,16,18)/b10-6+. The number of benzene rings is 1. The Kier molecular flexibility index (Phi) is 2.60. The predicted molar refractivity (Wildman–Crippen MR) is 71.9 cm³/mol. The summed E-state index contributed by atoms with van der Waals surface area (Å²) in [6, 6.07) is 7.77. The summed E-state index contributed by atoms with van der Waals surface area (Å²) in [5.74, 6) is 0.652. The molecule has 0 saturated carbocycles. The van der Waals surface area contributed by atoms with Crippen LogP contribution in [0.3, 0.4) is 0 Å². The molecule has 1 aromatic rings. The molecule has 2 aliphatic heterocycles. The van der Waals surface area contributed by atoms with Gasteiger partial charge in [0.2, 0.25) is 0 Å². The smallest absolute Gasteiger partial charge is 0.273 e. The summed E-state index contributed by atoms with van der Waals surface area (Å²) in [4.78, 5) is 11.5. The fourth-order valence-corrected chi connectivity index (χ4v) is 2.09. The molecule has 4 nitrogen and oxygen atoms in total. The zero-order valence-electron chi connectivity index (χ0n) is 9.40. The molecule has 18 heavy (non-hydrogen) atoms. The Morgan fingerprint density at radius 2 is 2.11 bits per heavy atom. The minimum atomic E-state index is -0.209. The van der Waals surface area contributed by atoms with E-state index in [1.807, 2.05) is 30.3 Å². The number of hydrogen-bond donors (Lipinski definition) is 2. The predicted octanol–water partition coefficient (Wildman–Crippen LogP) is 1.35. The lowest BCUT2D eigenvalue weighted by atomic mass is 10.1. The van der Waals surface area contributed by atoms with E-state index < -0.39 is 0 Å². The second-order valence-corrected chi connectivity index (χ2v) is 4.42. The molecule has 0 unspecified atom stereocenters. The van der Waals surface area contributed by atoms with E-state index in [0.717, 1.165) is 16.9 Å². The van der Waals surface area contributed by atoms with Crippen molar-refractivity contribution in [2.24, 2.45) is 0 Å². The molecule has 0 radical (unpaired) electrons. The summed E-state index contributed by atoms with van der Waals surface area (Å²) in [6.07, 6.45) is 3.76.